The van der Waals surface area contributed by atoms with Crippen molar-refractivity contribution in [1.29, 1.82) is 0 Å². The first-order valence-electron chi connectivity index (χ1n) is 7.89. The Bertz CT molecular complexity index is 750. The van der Waals surface area contributed by atoms with Gasteiger partial charge in [-0.1, -0.05) is 17.7 Å². The molecule has 1 amide bonds. The Hall–Kier alpha value is -1.72. The van der Waals surface area contributed by atoms with Crippen LogP contribution in [0.4, 0.5) is 0 Å². The van der Waals surface area contributed by atoms with Crippen LogP contribution in [0, 0.1) is 0 Å². The molecule has 0 bridgehead atoms. The van der Waals surface area contributed by atoms with E-state index >= 15 is 0 Å². The SMILES string of the molecule is O=C(c1cccc(Cl)c1)N1CC2(CC(Oc3cccnc3)CS2)C1. The Balaban J connectivity index is 1.34. The molecular weight excluding hydrogens is 344 g/mol. The number of amides is 1. The molecule has 2 aromatic rings. The first-order valence-corrected chi connectivity index (χ1v) is 9.25. The van der Waals surface area contributed by atoms with Gasteiger partial charge in [-0.2, -0.15) is 0 Å². The van der Waals surface area contributed by atoms with Crippen LogP contribution in [0.2, 0.25) is 5.02 Å². The van der Waals surface area contributed by atoms with Crippen LogP contribution in [0.25, 0.3) is 0 Å². The lowest BCUT2D eigenvalue weighted by molar-refractivity contribution is 0.0518. The summed E-state index contributed by atoms with van der Waals surface area (Å²) in [5, 5.41) is 0.594. The van der Waals surface area contributed by atoms with Gasteiger partial charge >= 0.3 is 0 Å². The van der Waals surface area contributed by atoms with E-state index in [4.69, 9.17) is 16.3 Å². The Morgan fingerprint density at radius 3 is 2.96 bits per heavy atom. The zero-order valence-electron chi connectivity index (χ0n) is 13.0. The summed E-state index contributed by atoms with van der Waals surface area (Å²) in [6.45, 7) is 1.55. The maximum Gasteiger partial charge on any atom is 0.254 e. The normalized spacial score (nSPS) is 21.5. The molecule has 4 nitrogen and oxygen atoms in total. The van der Waals surface area contributed by atoms with E-state index < -0.39 is 0 Å². The summed E-state index contributed by atoms with van der Waals surface area (Å²) in [5.41, 5.74) is 0.656. The van der Waals surface area contributed by atoms with Gasteiger partial charge in [0.2, 0.25) is 0 Å². The number of aromatic nitrogens is 1. The molecule has 2 fully saturated rings. The standard InChI is InChI=1S/C18H17ClN2O2S/c19-14-4-1-3-13(7-14)17(22)21-11-18(12-21)8-16(10-24-18)23-15-5-2-6-20-9-15/h1-7,9,16H,8,10-12H2. The molecule has 2 saturated heterocycles. The fraction of sp³-hybridized carbons (Fsp3) is 0.333. The average Bonchev–Trinajstić information content (AvgIpc) is 2.98. The highest BCUT2D eigenvalue weighted by atomic mass is 35.5. The highest BCUT2D eigenvalue weighted by molar-refractivity contribution is 8.01. The third-order valence-electron chi connectivity index (χ3n) is 4.43. The quantitative estimate of drug-likeness (QED) is 0.840. The second kappa shape index (κ2) is 6.30. The van der Waals surface area contributed by atoms with Crippen LogP contribution in [-0.4, -0.2) is 45.5 Å². The van der Waals surface area contributed by atoms with Crippen LogP contribution in [0.3, 0.4) is 0 Å². The molecule has 1 aromatic heterocycles. The largest absolute Gasteiger partial charge is 0.488 e. The van der Waals surface area contributed by atoms with Gasteiger partial charge in [-0.3, -0.25) is 9.78 Å². The number of carbonyl (C=O) groups excluding carboxylic acids is 1. The van der Waals surface area contributed by atoms with Crippen molar-refractivity contribution in [3.8, 4) is 5.75 Å². The van der Waals surface area contributed by atoms with Crippen molar-refractivity contribution in [2.45, 2.75) is 17.3 Å². The number of pyridine rings is 1. The number of nitrogens with zero attached hydrogens (tertiary/aromatic N) is 2. The Morgan fingerprint density at radius 1 is 1.33 bits per heavy atom. The van der Waals surface area contributed by atoms with Crippen molar-refractivity contribution in [2.75, 3.05) is 18.8 Å². The lowest BCUT2D eigenvalue weighted by Crippen LogP contribution is -2.60. The number of hydrogen-bond acceptors (Lipinski definition) is 4. The Kier molecular flexibility index (Phi) is 4.14. The highest BCUT2D eigenvalue weighted by Crippen LogP contribution is 2.46. The number of hydrogen-bond donors (Lipinski definition) is 0. The molecule has 1 atom stereocenters. The lowest BCUT2D eigenvalue weighted by Gasteiger charge is -2.47. The van der Waals surface area contributed by atoms with Crippen LogP contribution in [0.15, 0.2) is 48.8 Å². The van der Waals surface area contributed by atoms with E-state index in [-0.39, 0.29) is 16.8 Å². The third kappa shape index (κ3) is 3.10. The molecule has 3 heterocycles. The number of carbonyl (C=O) groups is 1. The number of benzene rings is 1. The molecule has 6 heteroatoms. The molecule has 0 radical (unpaired) electrons. The van der Waals surface area contributed by atoms with Gasteiger partial charge in [0, 0.05) is 42.0 Å². The maximum atomic E-state index is 12.5. The average molecular weight is 361 g/mol. The Morgan fingerprint density at radius 2 is 2.21 bits per heavy atom. The summed E-state index contributed by atoms with van der Waals surface area (Å²) in [7, 11) is 0. The van der Waals surface area contributed by atoms with E-state index in [0.717, 1.165) is 31.0 Å². The van der Waals surface area contributed by atoms with Crippen molar-refractivity contribution < 1.29 is 9.53 Å². The van der Waals surface area contributed by atoms with Gasteiger partial charge in [0.25, 0.3) is 5.91 Å². The molecular formula is C18H17ClN2O2S. The molecule has 0 saturated carbocycles. The molecule has 2 aliphatic heterocycles. The van der Waals surface area contributed by atoms with Crippen molar-refractivity contribution in [1.82, 2.24) is 9.88 Å². The number of likely N-dealkylation sites (tertiary alicyclic amines) is 1. The van der Waals surface area contributed by atoms with Gasteiger partial charge in [-0.25, -0.2) is 0 Å². The molecule has 2 aliphatic rings. The van der Waals surface area contributed by atoms with Gasteiger partial charge in [0.1, 0.15) is 11.9 Å². The third-order valence-corrected chi connectivity index (χ3v) is 6.24. The van der Waals surface area contributed by atoms with Gasteiger partial charge in [-0.05, 0) is 30.3 Å². The van der Waals surface area contributed by atoms with Crippen molar-refractivity contribution in [2.24, 2.45) is 0 Å². The van der Waals surface area contributed by atoms with E-state index in [2.05, 4.69) is 4.98 Å². The maximum absolute atomic E-state index is 12.5. The zero-order chi connectivity index (χ0) is 16.6. The molecule has 124 valence electrons. The van der Waals surface area contributed by atoms with Gasteiger partial charge in [0.05, 0.1) is 10.9 Å². The number of halogens is 1. The molecule has 4 rings (SSSR count). The van der Waals surface area contributed by atoms with E-state index in [1.54, 1.807) is 24.5 Å². The van der Waals surface area contributed by atoms with E-state index in [9.17, 15) is 4.79 Å². The summed E-state index contributed by atoms with van der Waals surface area (Å²) in [6.07, 6.45) is 4.63. The molecule has 1 unspecified atom stereocenters. The van der Waals surface area contributed by atoms with Crippen LogP contribution >= 0.6 is 23.4 Å². The minimum atomic E-state index is 0.0559. The second-order valence-corrected chi connectivity index (χ2v) is 8.22. The highest BCUT2D eigenvalue weighted by Gasteiger charge is 2.51. The molecule has 1 aromatic carbocycles. The fourth-order valence-electron chi connectivity index (χ4n) is 3.30. The minimum absolute atomic E-state index is 0.0559. The van der Waals surface area contributed by atoms with Crippen molar-refractivity contribution in [3.63, 3.8) is 0 Å². The smallest absolute Gasteiger partial charge is 0.254 e. The summed E-state index contributed by atoms with van der Waals surface area (Å²) in [5.74, 6) is 1.82. The summed E-state index contributed by atoms with van der Waals surface area (Å²) in [4.78, 5) is 18.5. The molecule has 0 N–H and O–H groups in total. The minimum Gasteiger partial charge on any atom is -0.488 e. The lowest BCUT2D eigenvalue weighted by atomic mass is 9.92. The number of rotatable bonds is 3. The van der Waals surface area contributed by atoms with Crippen molar-refractivity contribution in [3.05, 3.63) is 59.4 Å². The van der Waals surface area contributed by atoms with Gasteiger partial charge in [0.15, 0.2) is 0 Å². The Labute approximate surface area is 150 Å². The van der Waals surface area contributed by atoms with Crippen LogP contribution in [-0.2, 0) is 0 Å². The summed E-state index contributed by atoms with van der Waals surface area (Å²) < 4.78 is 6.14. The molecule has 0 aliphatic carbocycles. The monoisotopic (exact) mass is 360 g/mol. The van der Waals surface area contributed by atoms with E-state index in [1.807, 2.05) is 40.9 Å². The summed E-state index contributed by atoms with van der Waals surface area (Å²) in [6, 6.07) is 10.9. The zero-order valence-corrected chi connectivity index (χ0v) is 14.6. The summed E-state index contributed by atoms with van der Waals surface area (Å²) >= 11 is 7.89. The van der Waals surface area contributed by atoms with Crippen LogP contribution < -0.4 is 4.74 Å². The van der Waals surface area contributed by atoms with Crippen LogP contribution in [0.1, 0.15) is 16.8 Å². The van der Waals surface area contributed by atoms with Crippen molar-refractivity contribution >= 4 is 29.3 Å². The second-order valence-electron chi connectivity index (χ2n) is 6.30. The van der Waals surface area contributed by atoms with E-state index in [0.29, 0.717) is 10.6 Å². The fourth-order valence-corrected chi connectivity index (χ4v) is 5.02. The van der Waals surface area contributed by atoms with Crippen LogP contribution in [0.5, 0.6) is 5.75 Å². The number of thioether (sulfide) groups is 1. The molecule has 24 heavy (non-hydrogen) atoms. The number of ether oxygens (including phenoxy) is 1. The predicted molar refractivity (Wildman–Crippen MR) is 95.8 cm³/mol. The predicted octanol–water partition coefficient (Wildman–Crippen LogP) is 3.51. The van der Waals surface area contributed by atoms with Gasteiger partial charge < -0.3 is 9.64 Å². The topological polar surface area (TPSA) is 42.4 Å². The molecule has 1 spiro atoms. The first-order chi connectivity index (χ1) is 11.6. The van der Waals surface area contributed by atoms with E-state index in [1.165, 1.54) is 0 Å². The first kappa shape index (κ1) is 15.8. The van der Waals surface area contributed by atoms with Gasteiger partial charge in [-0.15, -0.1) is 11.8 Å².